The van der Waals surface area contributed by atoms with Crippen LogP contribution in [-0.2, 0) is 27.6 Å². The Morgan fingerprint density at radius 1 is 0.850 bits per heavy atom. The fraction of sp³-hybridized carbons (Fsp3) is 0.303. The van der Waals surface area contributed by atoms with Gasteiger partial charge in [-0.05, 0) is 68.5 Å². The Hall–Kier alpha value is -4.39. The lowest BCUT2D eigenvalue weighted by Gasteiger charge is -2.09. The molecule has 0 saturated carbocycles. The third kappa shape index (κ3) is 8.83. The summed E-state index contributed by atoms with van der Waals surface area (Å²) in [7, 11) is 0. The number of ether oxygens (including phenoxy) is 2. The number of aryl methyl sites for hydroxylation is 1. The highest BCUT2D eigenvalue weighted by atomic mass is 16.6. The van der Waals surface area contributed by atoms with Crippen molar-refractivity contribution in [2.45, 2.75) is 59.2 Å². The van der Waals surface area contributed by atoms with Crippen LogP contribution in [0.2, 0.25) is 0 Å². The van der Waals surface area contributed by atoms with E-state index in [0.717, 1.165) is 65.3 Å². The largest absolute Gasteiger partial charge is 0.487 e. The van der Waals surface area contributed by atoms with Crippen LogP contribution < -0.4 is 4.74 Å². The van der Waals surface area contributed by atoms with Gasteiger partial charge in [0.1, 0.15) is 30.4 Å². The molecule has 0 aliphatic heterocycles. The van der Waals surface area contributed by atoms with Crippen LogP contribution in [0.1, 0.15) is 61.6 Å². The number of esters is 1. The SMILES string of the molecule is CCOC(=O)CCCCC/C(=N/OCc1ccc(OCc2nc(-c3ccccc3)oc2C)cc1)c1ccccc1. The van der Waals surface area contributed by atoms with Crippen LogP contribution >= 0.6 is 0 Å². The lowest BCUT2D eigenvalue weighted by molar-refractivity contribution is -0.143. The van der Waals surface area contributed by atoms with Crippen molar-refractivity contribution in [2.75, 3.05) is 6.61 Å². The van der Waals surface area contributed by atoms with Crippen molar-refractivity contribution in [3.8, 4) is 17.2 Å². The van der Waals surface area contributed by atoms with Crippen LogP contribution in [0.5, 0.6) is 5.75 Å². The van der Waals surface area contributed by atoms with Crippen molar-refractivity contribution >= 4 is 11.7 Å². The Labute approximate surface area is 235 Å². The van der Waals surface area contributed by atoms with Crippen LogP contribution in [0.15, 0.2) is 94.5 Å². The van der Waals surface area contributed by atoms with Gasteiger partial charge in [0.2, 0.25) is 5.89 Å². The zero-order valence-corrected chi connectivity index (χ0v) is 23.2. The Bertz CT molecular complexity index is 1350. The summed E-state index contributed by atoms with van der Waals surface area (Å²) in [6.45, 7) is 4.82. The quantitative estimate of drug-likeness (QED) is 0.0666. The van der Waals surface area contributed by atoms with Gasteiger partial charge in [-0.3, -0.25) is 4.79 Å². The molecule has 0 N–H and O–H groups in total. The summed E-state index contributed by atoms with van der Waals surface area (Å²) in [6, 6.07) is 27.6. The number of oxazole rings is 1. The van der Waals surface area contributed by atoms with E-state index in [2.05, 4.69) is 10.1 Å². The number of benzene rings is 3. The normalized spacial score (nSPS) is 11.3. The minimum absolute atomic E-state index is 0.135. The van der Waals surface area contributed by atoms with Crippen LogP contribution in [-0.4, -0.2) is 23.3 Å². The maximum atomic E-state index is 11.5. The van der Waals surface area contributed by atoms with Gasteiger partial charge in [-0.1, -0.05) is 72.2 Å². The first-order valence-electron chi connectivity index (χ1n) is 13.8. The smallest absolute Gasteiger partial charge is 0.305 e. The third-order valence-electron chi connectivity index (χ3n) is 6.33. The third-order valence-corrected chi connectivity index (χ3v) is 6.33. The molecule has 208 valence electrons. The standard InChI is InChI=1S/C33H36N2O5/c1-3-37-32(36)18-12-6-11-17-30(27-13-7-4-8-14-27)35-39-23-26-19-21-29(22-20-26)38-24-31-25(2)40-33(34-31)28-15-9-5-10-16-28/h4-5,7-10,13-16,19-22H,3,6,11-12,17-18,23-24H2,1-2H3/b35-30-. The summed E-state index contributed by atoms with van der Waals surface area (Å²) in [5.41, 5.74) is 4.63. The fourth-order valence-electron chi connectivity index (χ4n) is 4.13. The molecule has 0 atom stereocenters. The van der Waals surface area contributed by atoms with E-state index in [1.165, 1.54) is 0 Å². The van der Waals surface area contributed by atoms with Crippen LogP contribution in [0, 0.1) is 6.92 Å². The van der Waals surface area contributed by atoms with Crippen molar-refractivity contribution < 1.29 is 23.5 Å². The Morgan fingerprint density at radius 3 is 2.27 bits per heavy atom. The number of oxime groups is 1. The maximum absolute atomic E-state index is 11.5. The first-order valence-corrected chi connectivity index (χ1v) is 13.8. The monoisotopic (exact) mass is 540 g/mol. The van der Waals surface area contributed by atoms with Gasteiger partial charge in [0.25, 0.3) is 0 Å². The summed E-state index contributed by atoms with van der Waals surface area (Å²) in [6.07, 6.45) is 3.87. The van der Waals surface area contributed by atoms with E-state index in [0.29, 0.717) is 32.1 Å². The molecule has 0 aliphatic carbocycles. The molecule has 0 spiro atoms. The van der Waals surface area contributed by atoms with Gasteiger partial charge in [0.15, 0.2) is 0 Å². The molecule has 40 heavy (non-hydrogen) atoms. The first kappa shape index (κ1) is 28.6. The summed E-state index contributed by atoms with van der Waals surface area (Å²) in [5.74, 6) is 1.94. The Kier molecular flexibility index (Phi) is 10.9. The van der Waals surface area contributed by atoms with Crippen molar-refractivity contribution in [2.24, 2.45) is 5.16 Å². The molecule has 7 heteroatoms. The number of nitrogens with zero attached hydrogens (tertiary/aromatic N) is 2. The molecule has 0 bridgehead atoms. The lowest BCUT2D eigenvalue weighted by Crippen LogP contribution is -2.05. The van der Waals surface area contributed by atoms with Crippen molar-refractivity contribution in [1.82, 2.24) is 4.98 Å². The molecule has 1 aromatic heterocycles. The Balaban J connectivity index is 1.27. The molecule has 3 aromatic carbocycles. The second-order valence-corrected chi connectivity index (χ2v) is 9.36. The summed E-state index contributed by atoms with van der Waals surface area (Å²) < 4.78 is 16.8. The van der Waals surface area contributed by atoms with E-state index < -0.39 is 0 Å². The fourth-order valence-corrected chi connectivity index (χ4v) is 4.13. The van der Waals surface area contributed by atoms with Gasteiger partial charge in [0, 0.05) is 12.0 Å². The van der Waals surface area contributed by atoms with Gasteiger partial charge in [-0.25, -0.2) is 4.98 Å². The zero-order chi connectivity index (χ0) is 28.0. The zero-order valence-electron chi connectivity index (χ0n) is 23.2. The van der Waals surface area contributed by atoms with Gasteiger partial charge in [-0.2, -0.15) is 0 Å². The van der Waals surface area contributed by atoms with E-state index in [9.17, 15) is 4.79 Å². The molecular formula is C33H36N2O5. The van der Waals surface area contributed by atoms with Gasteiger partial charge >= 0.3 is 5.97 Å². The number of rotatable bonds is 15. The topological polar surface area (TPSA) is 83.2 Å². The Morgan fingerprint density at radius 2 is 1.55 bits per heavy atom. The molecule has 0 amide bonds. The number of aromatic nitrogens is 1. The van der Waals surface area contributed by atoms with E-state index in [1.807, 2.05) is 98.8 Å². The van der Waals surface area contributed by atoms with Crippen molar-refractivity contribution in [1.29, 1.82) is 0 Å². The predicted octanol–water partition coefficient (Wildman–Crippen LogP) is 7.66. The minimum atomic E-state index is -0.135. The van der Waals surface area contributed by atoms with E-state index >= 15 is 0 Å². The highest BCUT2D eigenvalue weighted by molar-refractivity contribution is 6.00. The summed E-state index contributed by atoms with van der Waals surface area (Å²) in [5, 5.41) is 4.46. The van der Waals surface area contributed by atoms with E-state index in [1.54, 1.807) is 0 Å². The molecule has 0 fully saturated rings. The average molecular weight is 541 g/mol. The van der Waals surface area contributed by atoms with Crippen LogP contribution in [0.25, 0.3) is 11.5 Å². The number of hydrogen-bond acceptors (Lipinski definition) is 7. The molecule has 0 aliphatic rings. The van der Waals surface area contributed by atoms with Crippen LogP contribution in [0.4, 0.5) is 0 Å². The molecule has 4 aromatic rings. The molecule has 4 rings (SSSR count). The first-order chi connectivity index (χ1) is 19.6. The molecule has 0 radical (unpaired) electrons. The number of unbranched alkanes of at least 4 members (excludes halogenated alkanes) is 2. The second kappa shape index (κ2) is 15.3. The number of carbonyl (C=O) groups is 1. The highest BCUT2D eigenvalue weighted by Crippen LogP contribution is 2.23. The predicted molar refractivity (Wildman–Crippen MR) is 155 cm³/mol. The molecule has 0 unspecified atom stereocenters. The van der Waals surface area contributed by atoms with E-state index in [4.69, 9.17) is 18.7 Å². The van der Waals surface area contributed by atoms with E-state index in [-0.39, 0.29) is 5.97 Å². The van der Waals surface area contributed by atoms with Crippen LogP contribution in [0.3, 0.4) is 0 Å². The molecule has 0 saturated heterocycles. The van der Waals surface area contributed by atoms with Gasteiger partial charge in [0.05, 0.1) is 12.3 Å². The number of hydrogen-bond donors (Lipinski definition) is 0. The molecular weight excluding hydrogens is 504 g/mol. The maximum Gasteiger partial charge on any atom is 0.305 e. The minimum Gasteiger partial charge on any atom is -0.487 e. The summed E-state index contributed by atoms with van der Waals surface area (Å²) >= 11 is 0. The molecule has 7 nitrogen and oxygen atoms in total. The average Bonchev–Trinajstić information content (AvgIpc) is 3.37. The summed E-state index contributed by atoms with van der Waals surface area (Å²) in [4.78, 5) is 21.9. The second-order valence-electron chi connectivity index (χ2n) is 9.36. The molecule has 1 heterocycles. The van der Waals surface area contributed by atoms with Crippen molar-refractivity contribution in [3.05, 3.63) is 108 Å². The lowest BCUT2D eigenvalue weighted by atomic mass is 10.0. The number of carbonyl (C=O) groups excluding carboxylic acids is 1. The van der Waals surface area contributed by atoms with Gasteiger partial charge < -0.3 is 18.7 Å². The highest BCUT2D eigenvalue weighted by Gasteiger charge is 2.12. The van der Waals surface area contributed by atoms with Crippen molar-refractivity contribution in [3.63, 3.8) is 0 Å². The van der Waals surface area contributed by atoms with Gasteiger partial charge in [-0.15, -0.1) is 0 Å².